The average Bonchev–Trinajstić information content (AvgIpc) is 3.14. The van der Waals surface area contributed by atoms with E-state index in [1.807, 2.05) is 60.7 Å². The van der Waals surface area contributed by atoms with Crippen LogP contribution in [0.4, 0.5) is 0 Å². The van der Waals surface area contributed by atoms with Crippen LogP contribution < -0.4 is 0 Å². The van der Waals surface area contributed by atoms with E-state index in [0.29, 0.717) is 6.61 Å². The van der Waals surface area contributed by atoms with Gasteiger partial charge in [-0.05, 0) is 18.4 Å². The van der Waals surface area contributed by atoms with Gasteiger partial charge >= 0.3 is 0 Å². The van der Waals surface area contributed by atoms with Crippen molar-refractivity contribution in [2.75, 3.05) is 13.2 Å². The summed E-state index contributed by atoms with van der Waals surface area (Å²) in [7, 11) is 0. The summed E-state index contributed by atoms with van der Waals surface area (Å²) in [6, 6.07) is 19.2. The molecule has 26 heavy (non-hydrogen) atoms. The van der Waals surface area contributed by atoms with Crippen molar-refractivity contribution in [3.05, 3.63) is 71.8 Å². The van der Waals surface area contributed by atoms with Crippen LogP contribution in [0.3, 0.4) is 0 Å². The summed E-state index contributed by atoms with van der Waals surface area (Å²) in [5, 5.41) is 20.0. The highest BCUT2D eigenvalue weighted by Crippen LogP contribution is 2.45. The van der Waals surface area contributed by atoms with Gasteiger partial charge in [0, 0.05) is 12.2 Å². The SMILES string of the molecule is OCCCCCCC1COC(c2ccccc2)(C(O)c2ccccc2)O1. The van der Waals surface area contributed by atoms with E-state index in [4.69, 9.17) is 14.6 Å². The lowest BCUT2D eigenvalue weighted by Crippen LogP contribution is -2.35. The number of ether oxygens (including phenoxy) is 2. The molecule has 3 rings (SSSR count). The molecule has 4 nitrogen and oxygen atoms in total. The fourth-order valence-corrected chi connectivity index (χ4v) is 3.49. The number of hydrogen-bond donors (Lipinski definition) is 2. The molecule has 1 saturated heterocycles. The highest BCUT2D eigenvalue weighted by Gasteiger charge is 2.49. The molecule has 0 aliphatic carbocycles. The average molecular weight is 356 g/mol. The zero-order valence-electron chi connectivity index (χ0n) is 15.1. The highest BCUT2D eigenvalue weighted by atomic mass is 16.8. The van der Waals surface area contributed by atoms with E-state index in [1.165, 1.54) is 0 Å². The maximum atomic E-state index is 11.1. The van der Waals surface area contributed by atoms with E-state index in [0.717, 1.165) is 43.2 Å². The van der Waals surface area contributed by atoms with Gasteiger partial charge in [0.2, 0.25) is 5.79 Å². The molecule has 4 heteroatoms. The zero-order valence-corrected chi connectivity index (χ0v) is 15.1. The molecule has 0 spiro atoms. The van der Waals surface area contributed by atoms with E-state index in [9.17, 15) is 5.11 Å². The number of aliphatic hydroxyl groups is 2. The molecule has 140 valence electrons. The quantitative estimate of drug-likeness (QED) is 0.669. The van der Waals surface area contributed by atoms with Gasteiger partial charge in [-0.3, -0.25) is 0 Å². The van der Waals surface area contributed by atoms with Crippen molar-refractivity contribution in [1.29, 1.82) is 0 Å². The summed E-state index contributed by atoms with van der Waals surface area (Å²) in [6.07, 6.45) is 3.93. The molecule has 3 atom stereocenters. The Balaban J connectivity index is 1.74. The highest BCUT2D eigenvalue weighted by molar-refractivity contribution is 5.28. The minimum absolute atomic E-state index is 0.0392. The van der Waals surface area contributed by atoms with E-state index in [1.54, 1.807) is 0 Å². The predicted molar refractivity (Wildman–Crippen MR) is 101 cm³/mol. The molecule has 1 fully saturated rings. The predicted octanol–water partition coefficient (Wildman–Crippen LogP) is 3.93. The molecule has 0 saturated carbocycles. The fourth-order valence-electron chi connectivity index (χ4n) is 3.49. The fraction of sp³-hybridized carbons (Fsp3) is 0.455. The van der Waals surface area contributed by atoms with E-state index in [-0.39, 0.29) is 12.7 Å². The van der Waals surface area contributed by atoms with Crippen molar-refractivity contribution in [1.82, 2.24) is 0 Å². The van der Waals surface area contributed by atoms with Gasteiger partial charge in [-0.1, -0.05) is 79.9 Å². The van der Waals surface area contributed by atoms with E-state index < -0.39 is 11.9 Å². The van der Waals surface area contributed by atoms with Crippen molar-refractivity contribution < 1.29 is 19.7 Å². The van der Waals surface area contributed by atoms with Crippen LogP contribution in [-0.2, 0) is 15.3 Å². The van der Waals surface area contributed by atoms with Gasteiger partial charge in [0.25, 0.3) is 0 Å². The van der Waals surface area contributed by atoms with Crippen molar-refractivity contribution in [2.24, 2.45) is 0 Å². The smallest absolute Gasteiger partial charge is 0.226 e. The van der Waals surface area contributed by atoms with Crippen molar-refractivity contribution in [3.8, 4) is 0 Å². The van der Waals surface area contributed by atoms with Crippen LogP contribution in [0, 0.1) is 0 Å². The standard InChI is InChI=1S/C22H28O4/c23-16-10-2-1-9-15-20-17-25-22(26-20,19-13-7-4-8-14-19)21(24)18-11-5-3-6-12-18/h3-8,11-14,20-21,23-24H,1-2,9-10,15-17H2. The first kappa shape index (κ1) is 19.1. The Morgan fingerprint density at radius 2 is 1.58 bits per heavy atom. The van der Waals surface area contributed by atoms with Crippen molar-refractivity contribution in [3.63, 3.8) is 0 Å². The monoisotopic (exact) mass is 356 g/mol. The molecule has 1 heterocycles. The topological polar surface area (TPSA) is 58.9 Å². The third kappa shape index (κ3) is 4.33. The van der Waals surface area contributed by atoms with Crippen LogP contribution in [-0.4, -0.2) is 29.5 Å². The first-order valence-corrected chi connectivity index (χ1v) is 9.47. The molecule has 1 aliphatic heterocycles. The number of benzene rings is 2. The number of aliphatic hydroxyl groups excluding tert-OH is 2. The second-order valence-electron chi connectivity index (χ2n) is 6.82. The van der Waals surface area contributed by atoms with E-state index in [2.05, 4.69) is 0 Å². The molecule has 1 aliphatic rings. The van der Waals surface area contributed by atoms with Gasteiger partial charge in [0.05, 0.1) is 12.7 Å². The zero-order chi connectivity index (χ0) is 18.2. The normalized spacial score (nSPS) is 23.8. The van der Waals surface area contributed by atoms with Crippen molar-refractivity contribution in [2.45, 2.75) is 50.1 Å². The number of unbranched alkanes of at least 4 members (excludes halogenated alkanes) is 3. The maximum Gasteiger partial charge on any atom is 0.226 e. The molecule has 0 aromatic heterocycles. The van der Waals surface area contributed by atoms with Gasteiger partial charge < -0.3 is 19.7 Å². The van der Waals surface area contributed by atoms with Crippen LogP contribution in [0.5, 0.6) is 0 Å². The molecule has 0 bridgehead atoms. The minimum Gasteiger partial charge on any atom is -0.396 e. The summed E-state index contributed by atoms with van der Waals surface area (Å²) >= 11 is 0. The van der Waals surface area contributed by atoms with Crippen molar-refractivity contribution >= 4 is 0 Å². The third-order valence-corrected chi connectivity index (χ3v) is 4.91. The van der Waals surface area contributed by atoms with Gasteiger partial charge in [-0.15, -0.1) is 0 Å². The first-order chi connectivity index (χ1) is 12.8. The number of rotatable bonds is 9. The summed E-state index contributed by atoms with van der Waals surface area (Å²) in [5.41, 5.74) is 1.61. The summed E-state index contributed by atoms with van der Waals surface area (Å²) in [6.45, 7) is 0.724. The Bertz CT molecular complexity index is 646. The summed E-state index contributed by atoms with van der Waals surface area (Å²) < 4.78 is 12.5. The van der Waals surface area contributed by atoms with Crippen LogP contribution in [0.25, 0.3) is 0 Å². The molecular formula is C22H28O4. The van der Waals surface area contributed by atoms with Crippen LogP contribution >= 0.6 is 0 Å². The molecule has 2 N–H and O–H groups in total. The maximum absolute atomic E-state index is 11.1. The number of hydrogen-bond acceptors (Lipinski definition) is 4. The Morgan fingerprint density at radius 1 is 0.923 bits per heavy atom. The second kappa shape index (κ2) is 9.28. The van der Waals surface area contributed by atoms with Gasteiger partial charge in [-0.25, -0.2) is 0 Å². The lowest BCUT2D eigenvalue weighted by molar-refractivity contribution is -0.241. The third-order valence-electron chi connectivity index (χ3n) is 4.91. The first-order valence-electron chi connectivity index (χ1n) is 9.47. The van der Waals surface area contributed by atoms with Gasteiger partial charge in [0.15, 0.2) is 0 Å². The van der Waals surface area contributed by atoms with Crippen LogP contribution in [0.1, 0.15) is 49.3 Å². The Hall–Kier alpha value is -1.72. The molecule has 2 aromatic rings. The van der Waals surface area contributed by atoms with Crippen LogP contribution in [0.15, 0.2) is 60.7 Å². The van der Waals surface area contributed by atoms with E-state index >= 15 is 0 Å². The molecule has 2 aromatic carbocycles. The minimum atomic E-state index is -1.17. The Labute approximate surface area is 155 Å². The Kier molecular flexibility index (Phi) is 6.80. The lowest BCUT2D eigenvalue weighted by atomic mass is 9.94. The lowest BCUT2D eigenvalue weighted by Gasteiger charge is -2.33. The van der Waals surface area contributed by atoms with Gasteiger partial charge in [-0.2, -0.15) is 0 Å². The molecule has 3 unspecified atom stereocenters. The summed E-state index contributed by atoms with van der Waals surface area (Å²) in [4.78, 5) is 0. The Morgan fingerprint density at radius 3 is 2.27 bits per heavy atom. The second-order valence-corrected chi connectivity index (χ2v) is 6.82. The molecular weight excluding hydrogens is 328 g/mol. The molecule has 0 amide bonds. The largest absolute Gasteiger partial charge is 0.396 e. The van der Waals surface area contributed by atoms with Crippen LogP contribution in [0.2, 0.25) is 0 Å². The van der Waals surface area contributed by atoms with Gasteiger partial charge in [0.1, 0.15) is 6.10 Å². The summed E-state index contributed by atoms with van der Waals surface area (Å²) in [5.74, 6) is -1.17. The molecule has 0 radical (unpaired) electrons.